The van der Waals surface area contributed by atoms with Gasteiger partial charge in [-0.3, -0.25) is 4.79 Å². The third-order valence-corrected chi connectivity index (χ3v) is 6.19. The first kappa shape index (κ1) is 22.6. The predicted molar refractivity (Wildman–Crippen MR) is 118 cm³/mol. The van der Waals surface area contributed by atoms with Crippen LogP contribution in [0, 0.1) is 0 Å². The zero-order chi connectivity index (χ0) is 22.8. The van der Waals surface area contributed by atoms with E-state index in [1.165, 1.54) is 36.8 Å². The summed E-state index contributed by atoms with van der Waals surface area (Å²) in [4.78, 5) is 15.5. The van der Waals surface area contributed by atoms with Gasteiger partial charge in [0.2, 0.25) is 27.6 Å². The number of rotatable bonds is 6. The van der Waals surface area contributed by atoms with Crippen LogP contribution in [0.15, 0.2) is 57.9 Å². The van der Waals surface area contributed by atoms with Crippen molar-refractivity contribution in [3.63, 3.8) is 0 Å². The Balaban J connectivity index is 1.73. The average Bonchev–Trinajstić information content (AvgIpc) is 3.17. The first-order valence-electron chi connectivity index (χ1n) is 9.80. The number of sulfonamides is 1. The molecule has 0 aliphatic carbocycles. The summed E-state index contributed by atoms with van der Waals surface area (Å²) in [5, 5.41) is 6.57. The number of benzene rings is 2. The summed E-state index contributed by atoms with van der Waals surface area (Å²) in [5.41, 5.74) is 2.52. The van der Waals surface area contributed by atoms with Gasteiger partial charge in [-0.1, -0.05) is 50.2 Å². The van der Waals surface area contributed by atoms with Crippen LogP contribution in [0.25, 0.3) is 11.4 Å². The summed E-state index contributed by atoms with van der Waals surface area (Å²) in [5.74, 6) is 0.317. The molecule has 0 bridgehead atoms. The molecule has 1 aromatic heterocycles. The maximum absolute atomic E-state index is 12.7. The van der Waals surface area contributed by atoms with E-state index in [-0.39, 0.29) is 22.1 Å². The molecule has 31 heavy (non-hydrogen) atoms. The van der Waals surface area contributed by atoms with Crippen LogP contribution in [-0.4, -0.2) is 24.5 Å². The highest BCUT2D eigenvalue weighted by atomic mass is 32.2. The highest BCUT2D eigenvalue weighted by molar-refractivity contribution is 7.89. The number of amides is 1. The van der Waals surface area contributed by atoms with Crippen molar-refractivity contribution < 1.29 is 17.7 Å². The molecule has 164 valence electrons. The number of carbonyl (C=O) groups is 1. The number of aromatic nitrogens is 2. The Morgan fingerprint density at radius 1 is 1.03 bits per heavy atom. The van der Waals surface area contributed by atoms with Crippen LogP contribution in [0.2, 0.25) is 0 Å². The lowest BCUT2D eigenvalue weighted by Gasteiger charge is -2.18. The molecule has 1 heterocycles. The molecule has 2 aromatic carbocycles. The van der Waals surface area contributed by atoms with Gasteiger partial charge in [0, 0.05) is 18.2 Å². The molecule has 0 radical (unpaired) electrons. The van der Waals surface area contributed by atoms with Gasteiger partial charge in [-0.2, -0.15) is 9.71 Å². The Morgan fingerprint density at radius 2 is 1.65 bits per heavy atom. The molecule has 0 saturated heterocycles. The monoisotopic (exact) mass is 442 g/mol. The second-order valence-corrected chi connectivity index (χ2v) is 10.0. The van der Waals surface area contributed by atoms with E-state index < -0.39 is 16.1 Å². The Labute approximate surface area is 182 Å². The van der Waals surface area contributed by atoms with E-state index in [0.717, 1.165) is 5.56 Å². The number of nitrogens with zero attached hydrogens (tertiary/aromatic N) is 2. The Hall–Kier alpha value is -3.04. The topological polar surface area (TPSA) is 114 Å². The minimum absolute atomic E-state index is 0.0358. The number of hydrogen-bond donors (Lipinski definition) is 2. The van der Waals surface area contributed by atoms with Crippen molar-refractivity contribution in [3.05, 3.63) is 60.0 Å². The van der Waals surface area contributed by atoms with Gasteiger partial charge < -0.3 is 9.84 Å². The molecule has 3 rings (SSSR count). The van der Waals surface area contributed by atoms with Crippen LogP contribution in [0.4, 0.5) is 5.69 Å². The number of carbonyl (C=O) groups excluding carboxylic acids is 1. The minimum Gasteiger partial charge on any atom is -0.337 e. The molecule has 1 amide bonds. The molecule has 0 aliphatic rings. The smallest absolute Gasteiger partial charge is 0.244 e. The largest absolute Gasteiger partial charge is 0.337 e. The van der Waals surface area contributed by atoms with Crippen molar-refractivity contribution >= 4 is 21.6 Å². The quantitative estimate of drug-likeness (QED) is 0.596. The van der Waals surface area contributed by atoms with Gasteiger partial charge in [-0.05, 0) is 42.2 Å². The fraction of sp³-hybridized carbons (Fsp3) is 0.318. The fourth-order valence-electron chi connectivity index (χ4n) is 2.92. The molecule has 3 aromatic rings. The lowest BCUT2D eigenvalue weighted by atomic mass is 9.87. The molecule has 8 nitrogen and oxygen atoms in total. The Bertz CT molecular complexity index is 1160. The van der Waals surface area contributed by atoms with Crippen molar-refractivity contribution in [3.8, 4) is 11.4 Å². The van der Waals surface area contributed by atoms with Gasteiger partial charge in [0.05, 0.1) is 10.9 Å². The average molecular weight is 443 g/mol. The standard InChI is InChI=1S/C22H26N4O4S/c1-14(26-31(28,29)19-12-10-18(11-13-19)23-15(2)27)21-24-20(25-30-21)16-6-8-17(9-7-16)22(3,4)5/h6-14,26H,1-5H3,(H,23,27)/t14-/m1/s1. The van der Waals surface area contributed by atoms with Crippen LogP contribution in [-0.2, 0) is 20.2 Å². The van der Waals surface area contributed by atoms with Crippen LogP contribution in [0.1, 0.15) is 52.1 Å². The van der Waals surface area contributed by atoms with Crippen molar-refractivity contribution in [1.29, 1.82) is 0 Å². The van der Waals surface area contributed by atoms with Crippen LogP contribution < -0.4 is 10.0 Å². The van der Waals surface area contributed by atoms with E-state index >= 15 is 0 Å². The van der Waals surface area contributed by atoms with Crippen molar-refractivity contribution in [2.24, 2.45) is 0 Å². The molecule has 0 spiro atoms. The van der Waals surface area contributed by atoms with Crippen LogP contribution in [0.3, 0.4) is 0 Å². The predicted octanol–water partition coefficient (Wildman–Crippen LogP) is 4.03. The van der Waals surface area contributed by atoms with Crippen molar-refractivity contribution in [2.75, 3.05) is 5.32 Å². The van der Waals surface area contributed by atoms with E-state index in [9.17, 15) is 13.2 Å². The lowest BCUT2D eigenvalue weighted by Crippen LogP contribution is -2.27. The third-order valence-electron chi connectivity index (χ3n) is 4.64. The fourth-order valence-corrected chi connectivity index (χ4v) is 4.12. The molecular weight excluding hydrogens is 416 g/mol. The summed E-state index contributed by atoms with van der Waals surface area (Å²) in [7, 11) is -3.82. The summed E-state index contributed by atoms with van der Waals surface area (Å²) in [6.07, 6.45) is 0. The second-order valence-electron chi connectivity index (χ2n) is 8.33. The van der Waals surface area contributed by atoms with Crippen molar-refractivity contribution in [2.45, 2.75) is 51.0 Å². The summed E-state index contributed by atoms with van der Waals surface area (Å²) < 4.78 is 33.2. The normalized spacial score (nSPS) is 13.1. The van der Waals surface area contributed by atoms with Crippen LogP contribution >= 0.6 is 0 Å². The number of nitrogens with one attached hydrogen (secondary N) is 2. The second kappa shape index (κ2) is 8.60. The van der Waals surface area contributed by atoms with Gasteiger partial charge >= 0.3 is 0 Å². The van der Waals surface area contributed by atoms with Gasteiger partial charge in [0.25, 0.3) is 0 Å². The Kier molecular flexibility index (Phi) is 6.28. The summed E-state index contributed by atoms with van der Waals surface area (Å²) in [6.45, 7) is 9.41. The maximum Gasteiger partial charge on any atom is 0.244 e. The van der Waals surface area contributed by atoms with Gasteiger partial charge in [-0.15, -0.1) is 0 Å². The third kappa shape index (κ3) is 5.56. The van der Waals surface area contributed by atoms with Crippen molar-refractivity contribution in [1.82, 2.24) is 14.9 Å². The first-order chi connectivity index (χ1) is 14.5. The van der Waals surface area contributed by atoms with E-state index in [1.807, 2.05) is 24.3 Å². The maximum atomic E-state index is 12.7. The van der Waals surface area contributed by atoms with E-state index in [4.69, 9.17) is 4.52 Å². The molecule has 2 N–H and O–H groups in total. The minimum atomic E-state index is -3.82. The lowest BCUT2D eigenvalue weighted by molar-refractivity contribution is -0.114. The van der Waals surface area contributed by atoms with Gasteiger partial charge in [0.1, 0.15) is 0 Å². The Morgan fingerprint density at radius 3 is 2.19 bits per heavy atom. The van der Waals surface area contributed by atoms with Gasteiger partial charge in [0.15, 0.2) is 0 Å². The molecule has 0 saturated carbocycles. The molecular formula is C22H26N4O4S. The highest BCUT2D eigenvalue weighted by Gasteiger charge is 2.23. The molecule has 0 aliphatic heterocycles. The SMILES string of the molecule is CC(=O)Nc1ccc(S(=O)(=O)N[C@H](C)c2nc(-c3ccc(C(C)(C)C)cc3)no2)cc1. The number of anilines is 1. The van der Waals surface area contributed by atoms with E-state index in [1.54, 1.807) is 6.92 Å². The zero-order valence-corrected chi connectivity index (χ0v) is 18.9. The van der Waals surface area contributed by atoms with Crippen LogP contribution in [0.5, 0.6) is 0 Å². The summed E-state index contributed by atoms with van der Waals surface area (Å²) in [6, 6.07) is 13.0. The molecule has 9 heteroatoms. The first-order valence-corrected chi connectivity index (χ1v) is 11.3. The molecule has 0 fully saturated rings. The molecule has 1 atom stereocenters. The number of hydrogen-bond acceptors (Lipinski definition) is 6. The summed E-state index contributed by atoms with van der Waals surface area (Å²) >= 11 is 0. The van der Waals surface area contributed by atoms with Gasteiger partial charge in [-0.25, -0.2) is 8.42 Å². The van der Waals surface area contributed by atoms with E-state index in [2.05, 4.69) is 41.0 Å². The highest BCUT2D eigenvalue weighted by Crippen LogP contribution is 2.26. The molecule has 0 unspecified atom stereocenters. The van der Waals surface area contributed by atoms with E-state index in [0.29, 0.717) is 11.5 Å². The zero-order valence-electron chi connectivity index (χ0n) is 18.1.